The molecule has 27 heavy (non-hydrogen) atoms. The van der Waals surface area contributed by atoms with E-state index in [1.54, 1.807) is 0 Å². The number of ether oxygens (including phenoxy) is 1. The van der Waals surface area contributed by atoms with E-state index in [2.05, 4.69) is 53.4 Å². The second-order valence-electron chi connectivity index (χ2n) is 6.46. The van der Waals surface area contributed by atoms with Crippen LogP contribution in [-0.4, -0.2) is 4.57 Å². The zero-order chi connectivity index (χ0) is 18.5. The van der Waals surface area contributed by atoms with E-state index in [4.69, 9.17) is 16.3 Å². The fourth-order valence-electron chi connectivity index (χ4n) is 3.02. The van der Waals surface area contributed by atoms with Gasteiger partial charge in [0.15, 0.2) is 0 Å². The van der Waals surface area contributed by atoms with E-state index >= 15 is 0 Å². The maximum Gasteiger partial charge on any atom is 0.119 e. The number of rotatable bonds is 6. The molecule has 0 N–H and O–H groups in total. The van der Waals surface area contributed by atoms with Crippen molar-refractivity contribution >= 4 is 11.6 Å². The molecule has 0 saturated heterocycles. The highest BCUT2D eigenvalue weighted by Crippen LogP contribution is 2.24. The summed E-state index contributed by atoms with van der Waals surface area (Å²) in [6, 6.07) is 28.5. The van der Waals surface area contributed by atoms with Crippen molar-refractivity contribution < 1.29 is 4.74 Å². The second kappa shape index (κ2) is 8.15. The molecule has 4 aromatic rings. The third kappa shape index (κ3) is 4.42. The molecule has 2 nitrogen and oxygen atoms in total. The Kier molecular flexibility index (Phi) is 5.27. The minimum absolute atomic E-state index is 0.578. The van der Waals surface area contributed by atoms with Gasteiger partial charge in [0.25, 0.3) is 0 Å². The van der Waals surface area contributed by atoms with Crippen LogP contribution in [0.5, 0.6) is 5.75 Å². The van der Waals surface area contributed by atoms with Gasteiger partial charge in [0.05, 0.1) is 0 Å². The number of hydrogen-bond acceptors (Lipinski definition) is 1. The van der Waals surface area contributed by atoms with E-state index in [-0.39, 0.29) is 0 Å². The molecular weight excluding hydrogens is 354 g/mol. The highest BCUT2D eigenvalue weighted by Gasteiger charge is 2.04. The van der Waals surface area contributed by atoms with Crippen LogP contribution in [0.15, 0.2) is 97.3 Å². The maximum atomic E-state index is 6.26. The zero-order valence-electron chi connectivity index (χ0n) is 14.9. The van der Waals surface area contributed by atoms with Gasteiger partial charge in [-0.2, -0.15) is 0 Å². The summed E-state index contributed by atoms with van der Waals surface area (Å²) >= 11 is 6.26. The molecule has 0 bridgehead atoms. The largest absolute Gasteiger partial charge is 0.489 e. The molecule has 0 aliphatic rings. The maximum absolute atomic E-state index is 6.26. The quantitative estimate of drug-likeness (QED) is 0.379. The minimum Gasteiger partial charge on any atom is -0.489 e. The number of nitrogens with zero attached hydrogens (tertiary/aromatic N) is 1. The molecule has 4 rings (SSSR count). The van der Waals surface area contributed by atoms with Gasteiger partial charge in [-0.3, -0.25) is 0 Å². The molecule has 3 heteroatoms. The van der Waals surface area contributed by atoms with Crippen LogP contribution < -0.4 is 4.74 Å². The molecular formula is C24H20ClNO. The van der Waals surface area contributed by atoms with Crippen LogP contribution in [0.3, 0.4) is 0 Å². The average Bonchev–Trinajstić information content (AvgIpc) is 3.18. The summed E-state index contributed by atoms with van der Waals surface area (Å²) in [5.74, 6) is 0.873. The Morgan fingerprint density at radius 3 is 2.26 bits per heavy atom. The first-order valence-electron chi connectivity index (χ1n) is 8.94. The minimum atomic E-state index is 0.578. The smallest absolute Gasteiger partial charge is 0.119 e. The molecule has 0 unspecified atom stereocenters. The third-order valence-corrected chi connectivity index (χ3v) is 4.87. The topological polar surface area (TPSA) is 14.2 Å². The van der Waals surface area contributed by atoms with Gasteiger partial charge < -0.3 is 9.30 Å². The van der Waals surface area contributed by atoms with Crippen LogP contribution in [0, 0.1) is 0 Å². The molecule has 0 amide bonds. The summed E-state index contributed by atoms with van der Waals surface area (Å²) in [6.07, 6.45) is 4.22. The summed E-state index contributed by atoms with van der Waals surface area (Å²) in [6.45, 7) is 1.34. The van der Waals surface area contributed by atoms with Crippen molar-refractivity contribution in [2.24, 2.45) is 0 Å². The molecule has 0 spiro atoms. The molecule has 1 aromatic heterocycles. The summed E-state index contributed by atoms with van der Waals surface area (Å²) in [7, 11) is 0. The number of benzene rings is 3. The van der Waals surface area contributed by atoms with Crippen molar-refractivity contribution in [3.63, 3.8) is 0 Å². The summed E-state index contributed by atoms with van der Waals surface area (Å²) < 4.78 is 8.01. The molecule has 3 aromatic carbocycles. The Bertz CT molecular complexity index is 1010. The van der Waals surface area contributed by atoms with E-state index in [9.17, 15) is 0 Å². The lowest BCUT2D eigenvalue weighted by molar-refractivity contribution is 0.306. The predicted molar refractivity (Wildman–Crippen MR) is 111 cm³/mol. The lowest BCUT2D eigenvalue weighted by Gasteiger charge is -2.07. The first kappa shape index (κ1) is 17.4. The SMILES string of the molecule is Clc1ccccc1Cn1ccc(-c2ccc(OCc3ccccc3)cc2)c1. The van der Waals surface area contributed by atoms with Gasteiger partial charge in [0.2, 0.25) is 0 Å². The molecule has 134 valence electrons. The Balaban J connectivity index is 1.42. The average molecular weight is 374 g/mol. The van der Waals surface area contributed by atoms with Crippen molar-refractivity contribution in [3.05, 3.63) is 113 Å². The third-order valence-electron chi connectivity index (χ3n) is 4.50. The van der Waals surface area contributed by atoms with Gasteiger partial charge in [0.1, 0.15) is 12.4 Å². The highest BCUT2D eigenvalue weighted by atomic mass is 35.5. The van der Waals surface area contributed by atoms with Crippen LogP contribution in [0.25, 0.3) is 11.1 Å². The second-order valence-corrected chi connectivity index (χ2v) is 6.87. The van der Waals surface area contributed by atoms with Crippen LogP contribution in [0.4, 0.5) is 0 Å². The molecule has 0 fully saturated rings. The number of aromatic nitrogens is 1. The molecule has 1 heterocycles. The first-order valence-corrected chi connectivity index (χ1v) is 9.32. The Labute approximate surface area is 164 Å². The van der Waals surface area contributed by atoms with Gasteiger partial charge in [0, 0.05) is 24.0 Å². The van der Waals surface area contributed by atoms with Gasteiger partial charge in [-0.25, -0.2) is 0 Å². The molecule has 0 saturated carbocycles. The van der Waals surface area contributed by atoms with E-state index in [1.807, 2.05) is 48.5 Å². The summed E-state index contributed by atoms with van der Waals surface area (Å²) in [5, 5.41) is 0.799. The molecule has 0 aliphatic heterocycles. The van der Waals surface area contributed by atoms with Crippen LogP contribution in [0.1, 0.15) is 11.1 Å². The van der Waals surface area contributed by atoms with E-state index in [0.717, 1.165) is 22.9 Å². The zero-order valence-corrected chi connectivity index (χ0v) is 15.6. The Morgan fingerprint density at radius 1 is 0.741 bits per heavy atom. The lowest BCUT2D eigenvalue weighted by Crippen LogP contribution is -1.96. The van der Waals surface area contributed by atoms with Crippen LogP contribution in [-0.2, 0) is 13.2 Å². The summed E-state index contributed by atoms with van der Waals surface area (Å²) in [4.78, 5) is 0. The first-order chi connectivity index (χ1) is 13.3. The fourth-order valence-corrected chi connectivity index (χ4v) is 3.21. The lowest BCUT2D eigenvalue weighted by atomic mass is 10.1. The van der Waals surface area contributed by atoms with Gasteiger partial charge in [-0.15, -0.1) is 0 Å². The Morgan fingerprint density at radius 2 is 1.48 bits per heavy atom. The van der Waals surface area contributed by atoms with Crippen molar-refractivity contribution in [2.45, 2.75) is 13.2 Å². The Hall–Kier alpha value is -2.97. The molecule has 0 radical (unpaired) electrons. The van der Waals surface area contributed by atoms with E-state index in [1.165, 1.54) is 16.7 Å². The van der Waals surface area contributed by atoms with Gasteiger partial charge in [-0.05, 0) is 46.5 Å². The highest BCUT2D eigenvalue weighted by molar-refractivity contribution is 6.31. The normalized spacial score (nSPS) is 10.7. The standard InChI is InChI=1S/C24H20ClNO/c25-24-9-5-4-8-22(24)17-26-15-14-21(16-26)20-10-12-23(13-11-20)27-18-19-6-2-1-3-7-19/h1-16H,17-18H2. The fraction of sp³-hybridized carbons (Fsp3) is 0.0833. The van der Waals surface area contributed by atoms with Crippen LogP contribution in [0.2, 0.25) is 5.02 Å². The predicted octanol–water partition coefficient (Wildman–Crippen LogP) is 6.44. The van der Waals surface area contributed by atoms with Gasteiger partial charge in [-0.1, -0.05) is 72.3 Å². The van der Waals surface area contributed by atoms with E-state index in [0.29, 0.717) is 6.61 Å². The van der Waals surface area contributed by atoms with Crippen LogP contribution >= 0.6 is 11.6 Å². The summed E-state index contributed by atoms with van der Waals surface area (Å²) in [5.41, 5.74) is 4.63. The van der Waals surface area contributed by atoms with Crippen molar-refractivity contribution in [1.82, 2.24) is 4.57 Å². The number of hydrogen-bond donors (Lipinski definition) is 0. The monoisotopic (exact) mass is 373 g/mol. The van der Waals surface area contributed by atoms with E-state index < -0.39 is 0 Å². The van der Waals surface area contributed by atoms with Crippen molar-refractivity contribution in [2.75, 3.05) is 0 Å². The molecule has 0 atom stereocenters. The van der Waals surface area contributed by atoms with Crippen molar-refractivity contribution in [3.8, 4) is 16.9 Å². The van der Waals surface area contributed by atoms with Gasteiger partial charge >= 0.3 is 0 Å². The number of halogens is 1. The van der Waals surface area contributed by atoms with Crippen molar-refractivity contribution in [1.29, 1.82) is 0 Å². The molecule has 0 aliphatic carbocycles.